The molecule has 94 valence electrons. The summed E-state index contributed by atoms with van der Waals surface area (Å²) in [6.45, 7) is 0. The van der Waals surface area contributed by atoms with Crippen LogP contribution in [0.3, 0.4) is 0 Å². The second-order valence-electron chi connectivity index (χ2n) is 3.65. The highest BCUT2D eigenvalue weighted by Crippen LogP contribution is 2.16. The van der Waals surface area contributed by atoms with Crippen LogP contribution in [0.25, 0.3) is 5.69 Å². The summed E-state index contributed by atoms with van der Waals surface area (Å²) in [6, 6.07) is 8.61. The van der Waals surface area contributed by atoms with E-state index in [0.29, 0.717) is 5.69 Å². The molecule has 0 bridgehead atoms. The van der Waals surface area contributed by atoms with Crippen molar-refractivity contribution in [3.8, 4) is 5.69 Å². The van der Waals surface area contributed by atoms with Gasteiger partial charge in [-0.1, -0.05) is 29.8 Å². The Hall–Kier alpha value is -1.66. The number of para-hydroxylation sites is 1. The van der Waals surface area contributed by atoms with Gasteiger partial charge in [0.1, 0.15) is 9.92 Å². The van der Waals surface area contributed by atoms with Crippen molar-refractivity contribution in [3.05, 3.63) is 51.9 Å². The minimum Gasteiger partial charge on any atom is -0.266 e. The molecule has 0 radical (unpaired) electrons. The smallest absolute Gasteiger partial charge is 0.266 e. The van der Waals surface area contributed by atoms with Gasteiger partial charge in [-0.3, -0.25) is 4.79 Å². The van der Waals surface area contributed by atoms with Gasteiger partial charge < -0.3 is 0 Å². The number of rotatable bonds is 2. The zero-order chi connectivity index (χ0) is 13.3. The molecule has 0 atom stereocenters. The lowest BCUT2D eigenvalue weighted by molar-refractivity contribution is 0.600. The van der Waals surface area contributed by atoms with Crippen molar-refractivity contribution in [1.29, 1.82) is 0 Å². The first-order valence-corrected chi connectivity index (χ1v) is 7.21. The lowest BCUT2D eigenvalue weighted by atomic mass is 10.3. The molecule has 0 unspecified atom stereocenters. The number of halogens is 1. The molecule has 1 aromatic carbocycles. The van der Waals surface area contributed by atoms with Gasteiger partial charge in [0.05, 0.1) is 11.9 Å². The Labute approximate surface area is 109 Å². The summed E-state index contributed by atoms with van der Waals surface area (Å²) in [7, 11) is -3.56. The van der Waals surface area contributed by atoms with E-state index in [4.69, 9.17) is 11.6 Å². The summed E-state index contributed by atoms with van der Waals surface area (Å²) in [5.74, 6) is 0. The van der Waals surface area contributed by atoms with Gasteiger partial charge in [-0.2, -0.15) is 9.78 Å². The maximum atomic E-state index is 11.9. The van der Waals surface area contributed by atoms with Gasteiger partial charge in [0.2, 0.25) is 0 Å². The lowest BCUT2D eigenvalue weighted by Gasteiger charge is -2.06. The molecule has 0 N–H and O–H groups in total. The Bertz CT molecular complexity index is 739. The zero-order valence-electron chi connectivity index (χ0n) is 9.37. The molecule has 0 saturated heterocycles. The molecule has 1 heterocycles. The third-order valence-corrected chi connectivity index (χ3v) is 3.87. The SMILES string of the molecule is CS(=O)(=O)c1cnn(-c2ccccc2)c(=O)c1Cl. The van der Waals surface area contributed by atoms with Gasteiger partial charge in [-0.25, -0.2) is 8.42 Å². The van der Waals surface area contributed by atoms with Crippen molar-refractivity contribution in [2.24, 2.45) is 0 Å². The van der Waals surface area contributed by atoms with E-state index in [0.717, 1.165) is 17.1 Å². The first kappa shape index (κ1) is 12.8. The molecule has 1 aromatic heterocycles. The Kier molecular flexibility index (Phi) is 3.23. The lowest BCUT2D eigenvalue weighted by Crippen LogP contribution is -2.23. The van der Waals surface area contributed by atoms with Gasteiger partial charge in [0.25, 0.3) is 5.56 Å². The average molecular weight is 285 g/mol. The highest BCUT2D eigenvalue weighted by Gasteiger charge is 2.17. The van der Waals surface area contributed by atoms with E-state index in [1.54, 1.807) is 30.3 Å². The van der Waals surface area contributed by atoms with Gasteiger partial charge in [-0.05, 0) is 12.1 Å². The average Bonchev–Trinajstić information content (AvgIpc) is 2.32. The van der Waals surface area contributed by atoms with Crippen LogP contribution >= 0.6 is 11.6 Å². The van der Waals surface area contributed by atoms with Gasteiger partial charge in [-0.15, -0.1) is 0 Å². The minimum atomic E-state index is -3.56. The van der Waals surface area contributed by atoms with Crippen molar-refractivity contribution in [3.63, 3.8) is 0 Å². The maximum Gasteiger partial charge on any atom is 0.291 e. The normalized spacial score (nSPS) is 11.4. The number of sulfone groups is 1. The van der Waals surface area contributed by atoms with Crippen molar-refractivity contribution < 1.29 is 8.42 Å². The second kappa shape index (κ2) is 4.55. The number of benzene rings is 1. The van der Waals surface area contributed by atoms with Crippen LogP contribution in [0.15, 0.2) is 46.2 Å². The molecule has 0 aliphatic rings. The van der Waals surface area contributed by atoms with E-state index in [2.05, 4.69) is 5.10 Å². The van der Waals surface area contributed by atoms with Gasteiger partial charge >= 0.3 is 0 Å². The maximum absolute atomic E-state index is 11.9. The molecular formula is C11H9ClN2O3S. The van der Waals surface area contributed by atoms with Crippen LogP contribution in [-0.2, 0) is 9.84 Å². The van der Waals surface area contributed by atoms with Crippen molar-refractivity contribution >= 4 is 21.4 Å². The van der Waals surface area contributed by atoms with Gasteiger partial charge in [0, 0.05) is 6.26 Å². The zero-order valence-corrected chi connectivity index (χ0v) is 10.9. The van der Waals surface area contributed by atoms with Crippen molar-refractivity contribution in [1.82, 2.24) is 9.78 Å². The minimum absolute atomic E-state index is 0.263. The van der Waals surface area contributed by atoms with E-state index in [1.165, 1.54) is 0 Å². The molecule has 7 heteroatoms. The summed E-state index contributed by atoms with van der Waals surface area (Å²) < 4.78 is 23.8. The molecule has 2 rings (SSSR count). The molecule has 0 aliphatic carbocycles. The molecule has 0 spiro atoms. The molecule has 18 heavy (non-hydrogen) atoms. The highest BCUT2D eigenvalue weighted by molar-refractivity contribution is 7.90. The highest BCUT2D eigenvalue weighted by atomic mass is 35.5. The first-order valence-electron chi connectivity index (χ1n) is 4.94. The third-order valence-electron chi connectivity index (χ3n) is 2.29. The largest absolute Gasteiger partial charge is 0.291 e. The molecule has 0 aliphatic heterocycles. The van der Waals surface area contributed by atoms with Crippen molar-refractivity contribution in [2.45, 2.75) is 4.90 Å². The predicted octanol–water partition coefficient (Wildman–Crippen LogP) is 1.29. The summed E-state index contributed by atoms with van der Waals surface area (Å²) >= 11 is 5.78. The Morgan fingerprint density at radius 3 is 2.39 bits per heavy atom. The standard InChI is InChI=1S/C11H9ClN2O3S/c1-18(16,17)9-7-13-14(11(15)10(9)12)8-5-3-2-4-6-8/h2-7H,1H3. The van der Waals surface area contributed by atoms with Gasteiger partial charge in [0.15, 0.2) is 9.84 Å². The van der Waals surface area contributed by atoms with Crippen molar-refractivity contribution in [2.75, 3.05) is 6.26 Å². The fourth-order valence-electron chi connectivity index (χ4n) is 1.43. The van der Waals surface area contributed by atoms with E-state index < -0.39 is 15.4 Å². The Balaban J connectivity index is 2.70. The fourth-order valence-corrected chi connectivity index (χ4v) is 2.63. The fraction of sp³-hybridized carbons (Fsp3) is 0.0909. The third kappa shape index (κ3) is 2.30. The number of hydrogen-bond acceptors (Lipinski definition) is 4. The van der Waals surface area contributed by atoms with Crippen LogP contribution in [0.2, 0.25) is 5.02 Å². The molecule has 5 nitrogen and oxygen atoms in total. The Morgan fingerprint density at radius 1 is 1.22 bits per heavy atom. The summed E-state index contributed by atoms with van der Waals surface area (Å²) in [5, 5.41) is 3.47. The van der Waals surface area contributed by atoms with E-state index in [-0.39, 0.29) is 9.92 Å². The predicted molar refractivity (Wildman–Crippen MR) is 68.0 cm³/mol. The van der Waals surface area contributed by atoms with Crippen LogP contribution in [0.5, 0.6) is 0 Å². The molecule has 0 amide bonds. The monoisotopic (exact) mass is 284 g/mol. The quantitative estimate of drug-likeness (QED) is 0.833. The number of nitrogens with zero attached hydrogens (tertiary/aromatic N) is 2. The molecular weight excluding hydrogens is 276 g/mol. The van der Waals surface area contributed by atoms with Crippen LogP contribution in [0.4, 0.5) is 0 Å². The Morgan fingerprint density at radius 2 is 1.83 bits per heavy atom. The topological polar surface area (TPSA) is 69.0 Å². The van der Waals surface area contributed by atoms with E-state index >= 15 is 0 Å². The molecule has 0 fully saturated rings. The number of aromatic nitrogens is 2. The number of hydrogen-bond donors (Lipinski definition) is 0. The van der Waals surface area contributed by atoms with Crippen LogP contribution in [0, 0.1) is 0 Å². The van der Waals surface area contributed by atoms with Crippen LogP contribution in [-0.4, -0.2) is 24.5 Å². The molecule has 2 aromatic rings. The summed E-state index contributed by atoms with van der Waals surface area (Å²) in [4.78, 5) is 11.7. The molecule has 0 saturated carbocycles. The summed E-state index contributed by atoms with van der Waals surface area (Å²) in [5.41, 5.74) is -0.143. The van der Waals surface area contributed by atoms with Crippen LogP contribution < -0.4 is 5.56 Å². The van der Waals surface area contributed by atoms with E-state index in [1.807, 2.05) is 0 Å². The second-order valence-corrected chi connectivity index (χ2v) is 6.01. The van der Waals surface area contributed by atoms with E-state index in [9.17, 15) is 13.2 Å². The first-order chi connectivity index (χ1) is 8.41. The summed E-state index contributed by atoms with van der Waals surface area (Å²) in [6.07, 6.45) is 2.05. The van der Waals surface area contributed by atoms with Crippen LogP contribution in [0.1, 0.15) is 0 Å².